The van der Waals surface area contributed by atoms with Crippen LogP contribution in [0.1, 0.15) is 26.7 Å². The Morgan fingerprint density at radius 2 is 2.10 bits per heavy atom. The molecule has 2 rings (SSSR count). The van der Waals surface area contributed by atoms with Crippen LogP contribution < -0.4 is 5.32 Å². The molecule has 2 heterocycles. The predicted molar refractivity (Wildman–Crippen MR) is 77.0 cm³/mol. The van der Waals surface area contributed by atoms with Gasteiger partial charge in [0.25, 0.3) is 0 Å². The number of carbonyl (C=O) groups is 1. The van der Waals surface area contributed by atoms with Crippen LogP contribution in [-0.2, 0) is 9.53 Å². The van der Waals surface area contributed by atoms with E-state index in [4.69, 9.17) is 4.74 Å². The maximum Gasteiger partial charge on any atom is 0.336 e. The molecule has 3 unspecified atom stereocenters. The van der Waals surface area contributed by atoms with E-state index in [1.165, 1.54) is 7.11 Å². The van der Waals surface area contributed by atoms with E-state index in [0.29, 0.717) is 5.57 Å². The van der Waals surface area contributed by atoms with Gasteiger partial charge in [-0.25, -0.2) is 4.79 Å². The zero-order valence-corrected chi connectivity index (χ0v) is 12.8. The van der Waals surface area contributed by atoms with Crippen molar-refractivity contribution in [2.24, 2.45) is 5.92 Å². The first-order valence-electron chi connectivity index (χ1n) is 7.36. The third kappa shape index (κ3) is 3.10. The van der Waals surface area contributed by atoms with Crippen LogP contribution in [0.4, 0.5) is 0 Å². The Morgan fingerprint density at radius 1 is 1.48 bits per heavy atom. The third-order valence-electron chi connectivity index (χ3n) is 4.63. The van der Waals surface area contributed by atoms with Gasteiger partial charge in [0.05, 0.1) is 31.0 Å². The lowest BCUT2D eigenvalue weighted by molar-refractivity contribution is -0.136. The molecule has 1 saturated heterocycles. The molecule has 0 spiro atoms. The highest BCUT2D eigenvalue weighted by molar-refractivity contribution is 5.91. The molecule has 2 aliphatic heterocycles. The number of nitrogens with zero attached hydrogens (tertiary/aromatic N) is 2. The number of carbonyl (C=O) groups excluding carboxylic acids is 1. The summed E-state index contributed by atoms with van der Waals surface area (Å²) in [5, 5.41) is 22.2. The zero-order valence-electron chi connectivity index (χ0n) is 12.8. The molecule has 21 heavy (non-hydrogen) atoms. The lowest BCUT2D eigenvalue weighted by Crippen LogP contribution is -2.59. The van der Waals surface area contributed by atoms with Crippen LogP contribution in [0.5, 0.6) is 0 Å². The number of nitrogens with one attached hydrogen (secondary N) is 1. The number of esters is 1. The summed E-state index contributed by atoms with van der Waals surface area (Å²) in [6.07, 6.45) is 1.27. The van der Waals surface area contributed by atoms with E-state index >= 15 is 0 Å². The minimum Gasteiger partial charge on any atom is -0.466 e. The van der Waals surface area contributed by atoms with E-state index in [1.807, 2.05) is 6.92 Å². The van der Waals surface area contributed by atoms with Gasteiger partial charge >= 0.3 is 5.97 Å². The molecule has 0 aliphatic carbocycles. The summed E-state index contributed by atoms with van der Waals surface area (Å²) >= 11 is 0. The molecular weight excluding hydrogens is 270 g/mol. The molecule has 0 bridgehead atoms. The standard InChI is InChI=1S/C15H23N3O3/c1-9-10(2)14(18-6-4-11(19)5-7-18)17-12(8-16)13(9)15(20)21-3/h10-12,14,17,19H,4-7H2,1-3H3. The van der Waals surface area contributed by atoms with Crippen LogP contribution in [-0.4, -0.2) is 54.5 Å². The Hall–Kier alpha value is -1.42. The average Bonchev–Trinajstić information content (AvgIpc) is 2.50. The first-order valence-corrected chi connectivity index (χ1v) is 7.36. The molecule has 0 aromatic carbocycles. The van der Waals surface area contributed by atoms with Crippen LogP contribution in [0.15, 0.2) is 11.1 Å². The normalized spacial score (nSPS) is 31.9. The average molecular weight is 293 g/mol. The molecule has 116 valence electrons. The number of aliphatic hydroxyl groups excluding tert-OH is 1. The second-order valence-electron chi connectivity index (χ2n) is 5.82. The molecular formula is C15H23N3O3. The molecule has 0 aromatic rings. The largest absolute Gasteiger partial charge is 0.466 e. The molecule has 0 aromatic heterocycles. The van der Waals surface area contributed by atoms with E-state index in [2.05, 4.69) is 23.2 Å². The summed E-state index contributed by atoms with van der Waals surface area (Å²) in [6.45, 7) is 5.53. The smallest absolute Gasteiger partial charge is 0.336 e. The first-order chi connectivity index (χ1) is 9.99. The molecule has 0 saturated carbocycles. The molecule has 6 nitrogen and oxygen atoms in total. The molecule has 1 fully saturated rings. The first kappa shape index (κ1) is 16.0. The summed E-state index contributed by atoms with van der Waals surface area (Å²) in [5.41, 5.74) is 1.34. The molecule has 6 heteroatoms. The van der Waals surface area contributed by atoms with Crippen molar-refractivity contribution in [2.45, 2.75) is 45.0 Å². The van der Waals surface area contributed by atoms with Crippen LogP contribution in [0.2, 0.25) is 0 Å². The second kappa shape index (κ2) is 6.56. The van der Waals surface area contributed by atoms with E-state index in [1.54, 1.807) is 0 Å². The summed E-state index contributed by atoms with van der Waals surface area (Å²) in [6, 6.07) is 1.50. The number of methoxy groups -OCH3 is 1. The summed E-state index contributed by atoms with van der Waals surface area (Å²) in [4.78, 5) is 14.1. The van der Waals surface area contributed by atoms with Gasteiger partial charge in [0, 0.05) is 19.0 Å². The SMILES string of the molecule is COC(=O)C1=C(C)C(C)C(N2CCC(O)CC2)NC1C#N. The highest BCUT2D eigenvalue weighted by Crippen LogP contribution is 2.30. The van der Waals surface area contributed by atoms with Crippen molar-refractivity contribution in [2.75, 3.05) is 20.2 Å². The number of aliphatic hydroxyl groups is 1. The monoisotopic (exact) mass is 293 g/mol. The van der Waals surface area contributed by atoms with Crippen molar-refractivity contribution in [1.29, 1.82) is 5.26 Å². The van der Waals surface area contributed by atoms with Crippen LogP contribution >= 0.6 is 0 Å². The number of rotatable bonds is 2. The van der Waals surface area contributed by atoms with E-state index < -0.39 is 12.0 Å². The summed E-state index contributed by atoms with van der Waals surface area (Å²) in [5.74, 6) is -0.329. The number of hydrogen-bond acceptors (Lipinski definition) is 6. The van der Waals surface area contributed by atoms with Gasteiger partial charge < -0.3 is 9.84 Å². The van der Waals surface area contributed by atoms with Crippen molar-refractivity contribution in [3.8, 4) is 6.07 Å². The Kier molecular flexibility index (Phi) is 4.99. The Labute approximate surface area is 125 Å². The summed E-state index contributed by atoms with van der Waals surface area (Å²) in [7, 11) is 1.33. The predicted octanol–water partition coefficient (Wildman–Crippen LogP) is 0.390. The van der Waals surface area contributed by atoms with E-state index in [9.17, 15) is 15.2 Å². The van der Waals surface area contributed by atoms with Crippen LogP contribution in [0.25, 0.3) is 0 Å². The maximum atomic E-state index is 11.9. The van der Waals surface area contributed by atoms with Crippen molar-refractivity contribution >= 4 is 5.97 Å². The minimum absolute atomic E-state index is 0.00977. The number of ether oxygens (including phenoxy) is 1. The van der Waals surface area contributed by atoms with Gasteiger partial charge in [0.15, 0.2) is 0 Å². The number of hydrogen-bond donors (Lipinski definition) is 2. The van der Waals surface area contributed by atoms with Gasteiger partial charge in [-0.2, -0.15) is 5.26 Å². The number of piperidine rings is 1. The highest BCUT2D eigenvalue weighted by atomic mass is 16.5. The van der Waals surface area contributed by atoms with Gasteiger partial charge in [-0.15, -0.1) is 0 Å². The Morgan fingerprint density at radius 3 is 2.62 bits per heavy atom. The van der Waals surface area contributed by atoms with Crippen molar-refractivity contribution in [3.63, 3.8) is 0 Å². The van der Waals surface area contributed by atoms with E-state index in [-0.39, 0.29) is 18.2 Å². The quantitative estimate of drug-likeness (QED) is 0.716. The Bertz CT molecular complexity index is 475. The van der Waals surface area contributed by atoms with Crippen molar-refractivity contribution < 1.29 is 14.6 Å². The zero-order chi connectivity index (χ0) is 15.6. The fourth-order valence-electron chi connectivity index (χ4n) is 3.18. The van der Waals surface area contributed by atoms with Crippen molar-refractivity contribution in [1.82, 2.24) is 10.2 Å². The van der Waals surface area contributed by atoms with Gasteiger partial charge in [0.1, 0.15) is 6.04 Å². The molecule has 3 atom stereocenters. The second-order valence-corrected chi connectivity index (χ2v) is 5.82. The topological polar surface area (TPSA) is 85.6 Å². The fraction of sp³-hybridized carbons (Fsp3) is 0.733. The van der Waals surface area contributed by atoms with Gasteiger partial charge in [-0.1, -0.05) is 12.5 Å². The molecule has 2 N–H and O–H groups in total. The van der Waals surface area contributed by atoms with Crippen LogP contribution in [0, 0.1) is 17.2 Å². The Balaban J connectivity index is 2.23. The fourth-order valence-corrected chi connectivity index (χ4v) is 3.18. The van der Waals surface area contributed by atoms with Crippen LogP contribution in [0.3, 0.4) is 0 Å². The number of likely N-dealkylation sites (tertiary alicyclic amines) is 1. The maximum absolute atomic E-state index is 11.9. The lowest BCUT2D eigenvalue weighted by Gasteiger charge is -2.44. The molecule has 0 radical (unpaired) electrons. The van der Waals surface area contributed by atoms with Gasteiger partial charge in [0.2, 0.25) is 0 Å². The summed E-state index contributed by atoms with van der Waals surface area (Å²) < 4.78 is 4.80. The van der Waals surface area contributed by atoms with Gasteiger partial charge in [-0.05, 0) is 19.8 Å². The lowest BCUT2D eigenvalue weighted by atomic mass is 9.85. The van der Waals surface area contributed by atoms with E-state index in [0.717, 1.165) is 31.5 Å². The third-order valence-corrected chi connectivity index (χ3v) is 4.63. The van der Waals surface area contributed by atoms with Gasteiger partial charge in [-0.3, -0.25) is 10.2 Å². The minimum atomic E-state index is -0.648. The molecule has 2 aliphatic rings. The molecule has 0 amide bonds. The van der Waals surface area contributed by atoms with Crippen molar-refractivity contribution in [3.05, 3.63) is 11.1 Å². The highest BCUT2D eigenvalue weighted by Gasteiger charge is 2.39. The number of nitriles is 1.